The predicted molar refractivity (Wildman–Crippen MR) is 86.1 cm³/mol. The van der Waals surface area contributed by atoms with Crippen LogP contribution in [0, 0.1) is 0 Å². The smallest absolute Gasteiger partial charge is 0.125 e. The Morgan fingerprint density at radius 1 is 1.36 bits per heavy atom. The molecule has 5 heteroatoms. The molecule has 0 saturated carbocycles. The number of aliphatic hydroxyl groups excluding tert-OH is 1. The van der Waals surface area contributed by atoms with Gasteiger partial charge in [0.15, 0.2) is 0 Å². The largest absolute Gasteiger partial charge is 0.493 e. The van der Waals surface area contributed by atoms with E-state index in [4.69, 9.17) is 16.3 Å². The van der Waals surface area contributed by atoms with Crippen molar-refractivity contribution in [2.75, 3.05) is 13.2 Å². The van der Waals surface area contributed by atoms with Crippen LogP contribution in [0.25, 0.3) is 0 Å². The number of nitrogens with one attached hydrogen (secondary N) is 1. The van der Waals surface area contributed by atoms with E-state index >= 15 is 0 Å². The summed E-state index contributed by atoms with van der Waals surface area (Å²) in [6, 6.07) is 11.4. The monoisotopic (exact) mass is 318 g/mol. The van der Waals surface area contributed by atoms with Crippen molar-refractivity contribution in [2.24, 2.45) is 0 Å². The number of hydrogen-bond donors (Lipinski definition) is 2. The van der Waals surface area contributed by atoms with Crippen LogP contribution in [0.4, 0.5) is 0 Å². The molecule has 0 saturated heterocycles. The number of pyridine rings is 1. The maximum absolute atomic E-state index is 10.2. The molecule has 2 heterocycles. The molecule has 1 aromatic carbocycles. The number of ether oxygens (including phenoxy) is 1. The van der Waals surface area contributed by atoms with Gasteiger partial charge >= 0.3 is 0 Å². The van der Waals surface area contributed by atoms with Crippen LogP contribution in [0.2, 0.25) is 5.02 Å². The highest BCUT2D eigenvalue weighted by atomic mass is 35.5. The lowest BCUT2D eigenvalue weighted by Crippen LogP contribution is -2.26. The van der Waals surface area contributed by atoms with Gasteiger partial charge in [0.25, 0.3) is 0 Å². The summed E-state index contributed by atoms with van der Waals surface area (Å²) in [5.74, 6) is 0.829. The van der Waals surface area contributed by atoms with Gasteiger partial charge in [0.05, 0.1) is 12.3 Å². The summed E-state index contributed by atoms with van der Waals surface area (Å²) in [5, 5.41) is 14.3. The molecular formula is C17H19ClN2O2. The van der Waals surface area contributed by atoms with E-state index in [-0.39, 0.29) is 6.04 Å². The van der Waals surface area contributed by atoms with Gasteiger partial charge in [0.1, 0.15) is 11.9 Å². The minimum atomic E-state index is -0.624. The molecule has 1 aliphatic rings. The van der Waals surface area contributed by atoms with E-state index in [0.717, 1.165) is 24.2 Å². The summed E-state index contributed by atoms with van der Waals surface area (Å²) < 4.78 is 5.75. The maximum Gasteiger partial charge on any atom is 0.125 e. The fourth-order valence-electron chi connectivity index (χ4n) is 2.69. The summed E-state index contributed by atoms with van der Waals surface area (Å²) in [7, 11) is 0. The second kappa shape index (κ2) is 7.09. The van der Waals surface area contributed by atoms with Gasteiger partial charge in [0, 0.05) is 29.4 Å². The van der Waals surface area contributed by atoms with Gasteiger partial charge in [-0.15, -0.1) is 0 Å². The van der Waals surface area contributed by atoms with Crippen molar-refractivity contribution in [1.29, 1.82) is 0 Å². The van der Waals surface area contributed by atoms with Crippen molar-refractivity contribution < 1.29 is 9.84 Å². The van der Waals surface area contributed by atoms with Crippen LogP contribution in [0.5, 0.6) is 5.75 Å². The Kier molecular flexibility index (Phi) is 4.93. The van der Waals surface area contributed by atoms with E-state index in [0.29, 0.717) is 23.9 Å². The van der Waals surface area contributed by atoms with E-state index in [1.165, 1.54) is 0 Å². The average molecular weight is 319 g/mol. The maximum atomic E-state index is 10.2. The fraction of sp³-hybridized carbons (Fsp3) is 0.353. The lowest BCUT2D eigenvalue weighted by Gasteiger charge is -2.20. The van der Waals surface area contributed by atoms with E-state index < -0.39 is 6.10 Å². The molecular weight excluding hydrogens is 300 g/mol. The molecule has 2 aromatic rings. The third kappa shape index (κ3) is 3.58. The molecule has 1 aliphatic heterocycles. The lowest BCUT2D eigenvalue weighted by atomic mass is 10.0. The summed E-state index contributed by atoms with van der Waals surface area (Å²) in [5.41, 5.74) is 1.77. The molecule has 0 bridgehead atoms. The molecule has 2 atom stereocenters. The first-order valence-corrected chi connectivity index (χ1v) is 7.86. The third-order valence-electron chi connectivity index (χ3n) is 3.83. The zero-order valence-corrected chi connectivity index (χ0v) is 13.0. The van der Waals surface area contributed by atoms with Gasteiger partial charge in [0.2, 0.25) is 0 Å². The van der Waals surface area contributed by atoms with Gasteiger partial charge in [-0.1, -0.05) is 23.7 Å². The number of halogens is 1. The molecule has 3 rings (SSSR count). The second-order valence-corrected chi connectivity index (χ2v) is 5.84. The Bertz CT molecular complexity index is 621. The Labute approximate surface area is 135 Å². The van der Waals surface area contributed by atoms with E-state index in [2.05, 4.69) is 10.3 Å². The SMILES string of the molecule is OC(CNC1CCCOc2cc(Cl)ccc21)c1ccccn1. The molecule has 0 aliphatic carbocycles. The first-order valence-electron chi connectivity index (χ1n) is 7.48. The predicted octanol–water partition coefficient (Wildman–Crippen LogP) is 3.27. The Balaban J connectivity index is 1.70. The van der Waals surface area contributed by atoms with Gasteiger partial charge in [-0.25, -0.2) is 0 Å². The minimum Gasteiger partial charge on any atom is -0.493 e. The summed E-state index contributed by atoms with van der Waals surface area (Å²) in [6.45, 7) is 1.14. The van der Waals surface area contributed by atoms with E-state index in [1.807, 2.05) is 36.4 Å². The Hall–Kier alpha value is -1.62. The van der Waals surface area contributed by atoms with Crippen LogP contribution in [-0.2, 0) is 0 Å². The normalized spacial score (nSPS) is 18.9. The van der Waals surface area contributed by atoms with Crippen LogP contribution in [0.1, 0.15) is 36.2 Å². The Morgan fingerprint density at radius 2 is 2.27 bits per heavy atom. The van der Waals surface area contributed by atoms with Gasteiger partial charge in [-0.2, -0.15) is 0 Å². The standard InChI is InChI=1S/C17H19ClN2O2/c18-12-6-7-13-14(5-3-9-22-17(13)10-12)20-11-16(21)15-4-1-2-8-19-15/h1-2,4,6-8,10,14,16,20-21H,3,5,9,11H2. The van der Waals surface area contributed by atoms with Crippen molar-refractivity contribution in [3.8, 4) is 5.75 Å². The van der Waals surface area contributed by atoms with Gasteiger partial charge in [-0.05, 0) is 37.1 Å². The topological polar surface area (TPSA) is 54.4 Å². The molecule has 0 amide bonds. The van der Waals surface area contributed by atoms with Crippen molar-refractivity contribution >= 4 is 11.6 Å². The molecule has 0 spiro atoms. The molecule has 2 N–H and O–H groups in total. The van der Waals surface area contributed by atoms with Gasteiger partial charge < -0.3 is 15.2 Å². The van der Waals surface area contributed by atoms with Crippen LogP contribution >= 0.6 is 11.6 Å². The number of aliphatic hydroxyl groups is 1. The fourth-order valence-corrected chi connectivity index (χ4v) is 2.85. The average Bonchev–Trinajstić information content (AvgIpc) is 2.75. The highest BCUT2D eigenvalue weighted by molar-refractivity contribution is 6.30. The van der Waals surface area contributed by atoms with Crippen LogP contribution < -0.4 is 10.1 Å². The summed E-state index contributed by atoms with van der Waals surface area (Å²) in [6.07, 6.45) is 2.99. The zero-order chi connectivity index (χ0) is 15.4. The highest BCUT2D eigenvalue weighted by Gasteiger charge is 2.21. The molecule has 4 nitrogen and oxygen atoms in total. The first kappa shape index (κ1) is 15.3. The van der Waals surface area contributed by atoms with Crippen molar-refractivity contribution in [3.63, 3.8) is 0 Å². The molecule has 0 radical (unpaired) electrons. The number of nitrogens with zero attached hydrogens (tertiary/aromatic N) is 1. The third-order valence-corrected chi connectivity index (χ3v) is 4.07. The van der Waals surface area contributed by atoms with Gasteiger partial charge in [-0.3, -0.25) is 4.98 Å². The van der Waals surface area contributed by atoms with Crippen LogP contribution in [0.3, 0.4) is 0 Å². The Morgan fingerprint density at radius 3 is 3.09 bits per heavy atom. The number of rotatable bonds is 4. The number of hydrogen-bond acceptors (Lipinski definition) is 4. The van der Waals surface area contributed by atoms with Crippen LogP contribution in [0.15, 0.2) is 42.6 Å². The lowest BCUT2D eigenvalue weighted by molar-refractivity contribution is 0.164. The van der Waals surface area contributed by atoms with E-state index in [1.54, 1.807) is 6.20 Å². The summed E-state index contributed by atoms with van der Waals surface area (Å²) >= 11 is 6.04. The zero-order valence-electron chi connectivity index (χ0n) is 12.2. The highest BCUT2D eigenvalue weighted by Crippen LogP contribution is 2.33. The van der Waals surface area contributed by atoms with Crippen molar-refractivity contribution in [1.82, 2.24) is 10.3 Å². The number of aromatic nitrogens is 1. The first-order chi connectivity index (χ1) is 10.7. The number of fused-ring (bicyclic) bond motifs is 1. The second-order valence-electron chi connectivity index (χ2n) is 5.40. The minimum absolute atomic E-state index is 0.146. The van der Waals surface area contributed by atoms with Crippen molar-refractivity contribution in [3.05, 3.63) is 58.9 Å². The quantitative estimate of drug-likeness (QED) is 0.908. The molecule has 2 unspecified atom stereocenters. The molecule has 1 aromatic heterocycles. The van der Waals surface area contributed by atoms with E-state index in [9.17, 15) is 5.11 Å². The number of benzene rings is 1. The van der Waals surface area contributed by atoms with Crippen molar-refractivity contribution in [2.45, 2.75) is 25.0 Å². The van der Waals surface area contributed by atoms with Crippen LogP contribution in [-0.4, -0.2) is 23.2 Å². The molecule has 116 valence electrons. The molecule has 0 fully saturated rings. The molecule has 22 heavy (non-hydrogen) atoms. The summed E-state index contributed by atoms with van der Waals surface area (Å²) in [4.78, 5) is 4.18.